The fraction of sp³-hybridized carbons (Fsp3) is 1.00. The Morgan fingerprint density at radius 3 is 2.43 bits per heavy atom. The van der Waals surface area contributed by atoms with Gasteiger partial charge in [0.25, 0.3) is 0 Å². The average molecular weight is 97.0 g/mol. The highest BCUT2D eigenvalue weighted by Gasteiger charge is 1.85. The summed E-state index contributed by atoms with van der Waals surface area (Å²) in [6, 6.07) is 0. The second kappa shape index (κ2) is 4.19. The van der Waals surface area contributed by atoms with Gasteiger partial charge in [0.15, 0.2) is 0 Å². The molecule has 1 nitrogen and oxygen atoms in total. The zero-order valence-corrected chi connectivity index (χ0v) is 5.07. The molecule has 0 aromatic carbocycles. The first-order valence-corrected chi connectivity index (χ1v) is 2.76. The molecule has 0 saturated carbocycles. The van der Waals surface area contributed by atoms with Crippen molar-refractivity contribution in [1.82, 2.24) is 5.32 Å². The summed E-state index contributed by atoms with van der Waals surface area (Å²) in [4.78, 5) is 0. The molecular formula is C5H12BN. The summed E-state index contributed by atoms with van der Waals surface area (Å²) in [6.45, 7) is 5.09. The van der Waals surface area contributed by atoms with Crippen LogP contribution in [0.2, 0.25) is 0 Å². The van der Waals surface area contributed by atoms with Crippen LogP contribution in [-0.4, -0.2) is 20.3 Å². The molecule has 0 aromatic rings. The molecule has 40 valence electrons. The van der Waals surface area contributed by atoms with Gasteiger partial charge in [-0.3, -0.25) is 0 Å². The molecule has 2 heteroatoms. The second-order valence-corrected chi connectivity index (χ2v) is 1.74. The lowest BCUT2D eigenvalue weighted by Crippen LogP contribution is -2.26. The summed E-state index contributed by atoms with van der Waals surface area (Å²) >= 11 is 0. The van der Waals surface area contributed by atoms with Crippen molar-refractivity contribution in [3.8, 4) is 0 Å². The molecule has 0 aromatic heterocycles. The van der Waals surface area contributed by atoms with Crippen molar-refractivity contribution < 1.29 is 0 Å². The van der Waals surface area contributed by atoms with Crippen molar-refractivity contribution in [2.75, 3.05) is 6.54 Å². The molecule has 0 heterocycles. The Balaban J connectivity index is 2.68. The Morgan fingerprint density at radius 1 is 1.71 bits per heavy atom. The highest BCUT2D eigenvalue weighted by molar-refractivity contribution is 6.11. The third-order valence-electron chi connectivity index (χ3n) is 0.716. The van der Waals surface area contributed by atoms with Gasteiger partial charge in [-0.05, 0) is 18.9 Å². The molecule has 0 bridgehead atoms. The molecule has 0 saturated heterocycles. The summed E-state index contributed by atoms with van der Waals surface area (Å²) in [5, 5.41) is 3.07. The van der Waals surface area contributed by atoms with Gasteiger partial charge in [0, 0.05) is 0 Å². The zero-order valence-electron chi connectivity index (χ0n) is 5.07. The van der Waals surface area contributed by atoms with E-state index in [1.807, 2.05) is 6.92 Å². The second-order valence-electron chi connectivity index (χ2n) is 1.74. The van der Waals surface area contributed by atoms with Crippen LogP contribution in [0.25, 0.3) is 0 Å². The SMILES string of the molecule is [B]C(C)NCCC. The van der Waals surface area contributed by atoms with E-state index in [0.717, 1.165) is 13.0 Å². The summed E-state index contributed by atoms with van der Waals surface area (Å²) in [5.74, 6) is 0.153. The predicted octanol–water partition coefficient (Wildman–Crippen LogP) is 0.500. The van der Waals surface area contributed by atoms with Gasteiger partial charge in [-0.15, -0.1) is 0 Å². The van der Waals surface area contributed by atoms with Crippen molar-refractivity contribution >= 4 is 7.85 Å². The summed E-state index contributed by atoms with van der Waals surface area (Å²) in [7, 11) is 5.37. The Labute approximate surface area is 46.9 Å². The minimum Gasteiger partial charge on any atom is -0.323 e. The number of nitrogens with one attached hydrogen (secondary N) is 1. The topological polar surface area (TPSA) is 12.0 Å². The van der Waals surface area contributed by atoms with Crippen molar-refractivity contribution in [2.24, 2.45) is 0 Å². The van der Waals surface area contributed by atoms with Crippen LogP contribution in [-0.2, 0) is 0 Å². The summed E-state index contributed by atoms with van der Waals surface area (Å²) < 4.78 is 0. The van der Waals surface area contributed by atoms with Crippen molar-refractivity contribution in [3.05, 3.63) is 0 Å². The third-order valence-corrected chi connectivity index (χ3v) is 0.716. The maximum Gasteiger partial charge on any atom is 0.0902 e. The molecule has 7 heavy (non-hydrogen) atoms. The van der Waals surface area contributed by atoms with Crippen LogP contribution in [0.4, 0.5) is 0 Å². The molecule has 0 fully saturated rings. The van der Waals surface area contributed by atoms with Crippen LogP contribution in [0.15, 0.2) is 0 Å². The first-order valence-electron chi connectivity index (χ1n) is 2.76. The molecule has 0 aliphatic rings. The lowest BCUT2D eigenvalue weighted by Gasteiger charge is -2.03. The molecule has 0 amide bonds. The molecule has 2 radical (unpaired) electrons. The Bertz CT molecular complexity index is 37.1. The molecule has 1 unspecified atom stereocenters. The lowest BCUT2D eigenvalue weighted by molar-refractivity contribution is 0.663. The van der Waals surface area contributed by atoms with Crippen LogP contribution in [0, 0.1) is 0 Å². The molecule has 1 N–H and O–H groups in total. The van der Waals surface area contributed by atoms with Gasteiger partial charge in [-0.2, -0.15) is 0 Å². The third kappa shape index (κ3) is 6.02. The van der Waals surface area contributed by atoms with Crippen LogP contribution in [0.3, 0.4) is 0 Å². The van der Waals surface area contributed by atoms with Gasteiger partial charge in [0.1, 0.15) is 0 Å². The first kappa shape index (κ1) is 7.02. The van der Waals surface area contributed by atoms with E-state index in [9.17, 15) is 0 Å². The van der Waals surface area contributed by atoms with Crippen LogP contribution in [0.1, 0.15) is 20.3 Å². The first-order chi connectivity index (χ1) is 3.27. The standard InChI is InChI=1S/C5H12BN/c1-3-4-7-5(2)6/h5,7H,3-4H2,1-2H3. The summed E-state index contributed by atoms with van der Waals surface area (Å²) in [6.07, 6.45) is 1.15. The van der Waals surface area contributed by atoms with Crippen molar-refractivity contribution in [1.29, 1.82) is 0 Å². The van der Waals surface area contributed by atoms with E-state index in [1.54, 1.807) is 0 Å². The minimum atomic E-state index is 0.153. The fourth-order valence-electron chi connectivity index (χ4n) is 0.372. The lowest BCUT2D eigenvalue weighted by atomic mass is 9.99. The maximum absolute atomic E-state index is 5.37. The molecule has 1 atom stereocenters. The normalized spacial score (nSPS) is 14.0. The highest BCUT2D eigenvalue weighted by atomic mass is 14.9. The molecule has 0 aliphatic heterocycles. The van der Waals surface area contributed by atoms with Gasteiger partial charge in [-0.25, -0.2) is 0 Å². The number of hydrogen-bond acceptors (Lipinski definition) is 1. The van der Waals surface area contributed by atoms with E-state index < -0.39 is 0 Å². The molecule has 0 rings (SSSR count). The maximum atomic E-state index is 5.37. The van der Waals surface area contributed by atoms with Gasteiger partial charge >= 0.3 is 0 Å². The predicted molar refractivity (Wildman–Crippen MR) is 33.5 cm³/mol. The molecule has 0 spiro atoms. The van der Waals surface area contributed by atoms with Gasteiger partial charge < -0.3 is 5.32 Å². The van der Waals surface area contributed by atoms with E-state index in [2.05, 4.69) is 12.2 Å². The van der Waals surface area contributed by atoms with Crippen molar-refractivity contribution in [3.63, 3.8) is 0 Å². The number of hydrogen-bond donors (Lipinski definition) is 1. The van der Waals surface area contributed by atoms with E-state index in [1.165, 1.54) is 0 Å². The van der Waals surface area contributed by atoms with Crippen LogP contribution in [0.5, 0.6) is 0 Å². The number of rotatable bonds is 3. The average Bonchev–Trinajstić information content (AvgIpc) is 1.61. The van der Waals surface area contributed by atoms with E-state index in [-0.39, 0.29) is 5.94 Å². The Kier molecular flexibility index (Phi) is 4.21. The molecular weight excluding hydrogens is 84.9 g/mol. The van der Waals surface area contributed by atoms with E-state index in [0.29, 0.717) is 0 Å². The minimum absolute atomic E-state index is 0.153. The van der Waals surface area contributed by atoms with E-state index >= 15 is 0 Å². The Hall–Kier alpha value is 0.0249. The monoisotopic (exact) mass is 97.1 g/mol. The van der Waals surface area contributed by atoms with Gasteiger partial charge in [-0.1, -0.05) is 13.8 Å². The van der Waals surface area contributed by atoms with Crippen LogP contribution < -0.4 is 5.32 Å². The smallest absolute Gasteiger partial charge is 0.0902 e. The van der Waals surface area contributed by atoms with E-state index in [4.69, 9.17) is 7.85 Å². The quantitative estimate of drug-likeness (QED) is 0.505. The fourth-order valence-corrected chi connectivity index (χ4v) is 0.372. The summed E-state index contributed by atoms with van der Waals surface area (Å²) in [5.41, 5.74) is 0. The van der Waals surface area contributed by atoms with Crippen LogP contribution >= 0.6 is 0 Å². The largest absolute Gasteiger partial charge is 0.323 e. The van der Waals surface area contributed by atoms with Gasteiger partial charge in [0.2, 0.25) is 0 Å². The Morgan fingerprint density at radius 2 is 2.29 bits per heavy atom. The highest BCUT2D eigenvalue weighted by Crippen LogP contribution is 1.72. The zero-order chi connectivity index (χ0) is 5.70. The molecule has 0 aliphatic carbocycles. The van der Waals surface area contributed by atoms with Gasteiger partial charge in [0.05, 0.1) is 7.85 Å². The van der Waals surface area contributed by atoms with Crippen molar-refractivity contribution in [2.45, 2.75) is 26.2 Å².